The molecule has 2 unspecified atom stereocenters. The van der Waals surface area contributed by atoms with Crippen LogP contribution in [0.25, 0.3) is 0 Å². The zero-order valence-electron chi connectivity index (χ0n) is 15.9. The first-order chi connectivity index (χ1) is 12.2. The number of hydrogen-bond donors (Lipinski definition) is 2. The average Bonchev–Trinajstić information content (AvgIpc) is 2.68. The van der Waals surface area contributed by atoms with E-state index in [0.717, 1.165) is 6.42 Å². The van der Waals surface area contributed by atoms with Gasteiger partial charge in [-0.1, -0.05) is 25.5 Å². The van der Waals surface area contributed by atoms with Crippen molar-refractivity contribution in [2.75, 3.05) is 23.8 Å². The van der Waals surface area contributed by atoms with Gasteiger partial charge in [0.25, 0.3) is 0 Å². The first-order valence-corrected chi connectivity index (χ1v) is 8.92. The van der Waals surface area contributed by atoms with Crippen LogP contribution in [-0.2, 0) is 14.4 Å². The molecule has 0 spiro atoms. The SMILES string of the molecule is CCCC(C)(N)C(=O)N(C)CC(=O)N1c2ccccc2NC(=O)CC1C. The van der Waals surface area contributed by atoms with Crippen LogP contribution >= 0.6 is 0 Å². The van der Waals surface area contributed by atoms with Gasteiger partial charge in [-0.25, -0.2) is 0 Å². The monoisotopic (exact) mass is 360 g/mol. The summed E-state index contributed by atoms with van der Waals surface area (Å²) in [7, 11) is 1.58. The van der Waals surface area contributed by atoms with Gasteiger partial charge >= 0.3 is 0 Å². The number of likely N-dealkylation sites (N-methyl/N-ethyl adjacent to an activating group) is 1. The highest BCUT2D eigenvalue weighted by Crippen LogP contribution is 2.31. The van der Waals surface area contributed by atoms with Crippen LogP contribution in [0.15, 0.2) is 24.3 Å². The molecule has 142 valence electrons. The lowest BCUT2D eigenvalue weighted by molar-refractivity contribution is -0.138. The largest absolute Gasteiger partial charge is 0.335 e. The van der Waals surface area contributed by atoms with Crippen molar-refractivity contribution < 1.29 is 14.4 Å². The molecule has 1 aromatic rings. The first kappa shape index (κ1) is 19.9. The summed E-state index contributed by atoms with van der Waals surface area (Å²) in [5, 5.41) is 2.82. The molecule has 1 heterocycles. The van der Waals surface area contributed by atoms with Gasteiger partial charge in [0.05, 0.1) is 23.5 Å². The highest BCUT2D eigenvalue weighted by atomic mass is 16.2. The van der Waals surface area contributed by atoms with Crippen molar-refractivity contribution in [2.24, 2.45) is 5.73 Å². The Balaban J connectivity index is 2.23. The number of anilines is 2. The van der Waals surface area contributed by atoms with Crippen LogP contribution in [0.3, 0.4) is 0 Å². The number of amides is 3. The Morgan fingerprint density at radius 2 is 2.04 bits per heavy atom. The normalized spacial score (nSPS) is 19.0. The maximum atomic E-state index is 13.0. The fourth-order valence-corrected chi connectivity index (χ4v) is 3.38. The number of nitrogens with zero attached hydrogens (tertiary/aromatic N) is 2. The predicted octanol–water partition coefficient (Wildman–Crippen LogP) is 1.73. The summed E-state index contributed by atoms with van der Waals surface area (Å²) in [5.74, 6) is -0.649. The third kappa shape index (κ3) is 4.22. The summed E-state index contributed by atoms with van der Waals surface area (Å²) in [6, 6.07) is 6.86. The second-order valence-corrected chi connectivity index (χ2v) is 7.21. The molecule has 0 aliphatic carbocycles. The standard InChI is InChI=1S/C19H28N4O3/c1-5-10-19(3,20)18(26)22(4)12-17(25)23-13(2)11-16(24)21-14-8-6-7-9-15(14)23/h6-9,13H,5,10-12,20H2,1-4H3,(H,21,24). The Labute approximate surface area is 154 Å². The highest BCUT2D eigenvalue weighted by Gasteiger charge is 2.34. The zero-order valence-corrected chi connectivity index (χ0v) is 15.9. The Kier molecular flexibility index (Phi) is 6.02. The fraction of sp³-hybridized carbons (Fsp3) is 0.526. The van der Waals surface area contributed by atoms with Gasteiger partial charge in [-0.05, 0) is 32.4 Å². The number of carbonyl (C=O) groups is 3. The molecule has 1 aromatic carbocycles. The molecule has 2 rings (SSSR count). The fourth-order valence-electron chi connectivity index (χ4n) is 3.38. The van der Waals surface area contributed by atoms with Crippen molar-refractivity contribution in [3.05, 3.63) is 24.3 Å². The minimum atomic E-state index is -0.996. The van der Waals surface area contributed by atoms with Crippen LogP contribution in [-0.4, -0.2) is 47.8 Å². The summed E-state index contributed by atoms with van der Waals surface area (Å²) in [4.78, 5) is 40.6. The van der Waals surface area contributed by atoms with Gasteiger partial charge in [-0.3, -0.25) is 14.4 Å². The number of rotatable bonds is 5. The third-order valence-electron chi connectivity index (χ3n) is 4.60. The molecule has 0 saturated carbocycles. The minimum Gasteiger partial charge on any atom is -0.335 e. The molecule has 7 nitrogen and oxygen atoms in total. The van der Waals surface area contributed by atoms with E-state index in [1.54, 1.807) is 37.1 Å². The van der Waals surface area contributed by atoms with Gasteiger partial charge in [0, 0.05) is 19.5 Å². The van der Waals surface area contributed by atoms with Crippen molar-refractivity contribution >= 4 is 29.1 Å². The van der Waals surface area contributed by atoms with Gasteiger partial charge in [-0.2, -0.15) is 0 Å². The summed E-state index contributed by atoms with van der Waals surface area (Å²) in [6.07, 6.45) is 1.53. The Morgan fingerprint density at radius 3 is 2.69 bits per heavy atom. The molecule has 3 amide bonds. The van der Waals surface area contributed by atoms with Crippen molar-refractivity contribution in [1.29, 1.82) is 0 Å². The molecule has 3 N–H and O–H groups in total. The Hall–Kier alpha value is -2.41. The predicted molar refractivity (Wildman–Crippen MR) is 102 cm³/mol. The summed E-state index contributed by atoms with van der Waals surface area (Å²) in [6.45, 7) is 5.38. The van der Waals surface area contributed by atoms with E-state index in [1.165, 1.54) is 4.90 Å². The molecule has 26 heavy (non-hydrogen) atoms. The number of hydrogen-bond acceptors (Lipinski definition) is 4. The van der Waals surface area contributed by atoms with E-state index < -0.39 is 5.54 Å². The zero-order chi connectivity index (χ0) is 19.5. The van der Waals surface area contributed by atoms with Gasteiger partial charge < -0.3 is 20.9 Å². The third-order valence-corrected chi connectivity index (χ3v) is 4.60. The smallest absolute Gasteiger partial charge is 0.246 e. The molecule has 7 heteroatoms. The number of para-hydroxylation sites is 2. The van der Waals surface area contributed by atoms with Crippen molar-refractivity contribution in [3.8, 4) is 0 Å². The van der Waals surface area contributed by atoms with Gasteiger partial charge in [0.1, 0.15) is 0 Å². The van der Waals surface area contributed by atoms with Crippen LogP contribution in [0.1, 0.15) is 40.0 Å². The maximum absolute atomic E-state index is 13.0. The van der Waals surface area contributed by atoms with Crippen molar-refractivity contribution in [2.45, 2.75) is 51.6 Å². The van der Waals surface area contributed by atoms with E-state index in [2.05, 4.69) is 5.32 Å². The van der Waals surface area contributed by atoms with E-state index >= 15 is 0 Å². The quantitative estimate of drug-likeness (QED) is 0.836. The second-order valence-electron chi connectivity index (χ2n) is 7.21. The molecule has 0 aromatic heterocycles. The number of nitrogens with two attached hydrogens (primary N) is 1. The molecular weight excluding hydrogens is 332 g/mol. The Morgan fingerprint density at radius 1 is 1.38 bits per heavy atom. The van der Waals surface area contributed by atoms with Crippen LogP contribution in [0.2, 0.25) is 0 Å². The lowest BCUT2D eigenvalue weighted by atomic mass is 9.96. The number of fused-ring (bicyclic) bond motifs is 1. The molecule has 1 aliphatic heterocycles. The van der Waals surface area contributed by atoms with E-state index in [4.69, 9.17) is 5.73 Å². The van der Waals surface area contributed by atoms with E-state index in [1.807, 2.05) is 19.9 Å². The topological polar surface area (TPSA) is 95.7 Å². The molecular formula is C19H28N4O3. The minimum absolute atomic E-state index is 0.0950. The first-order valence-electron chi connectivity index (χ1n) is 8.92. The molecule has 0 saturated heterocycles. The number of carbonyl (C=O) groups excluding carboxylic acids is 3. The van der Waals surface area contributed by atoms with Gasteiger partial charge in [-0.15, -0.1) is 0 Å². The van der Waals surface area contributed by atoms with Gasteiger partial charge in [0.2, 0.25) is 17.7 Å². The number of benzene rings is 1. The molecule has 1 aliphatic rings. The lowest BCUT2D eigenvalue weighted by Crippen LogP contribution is -2.54. The lowest BCUT2D eigenvalue weighted by Gasteiger charge is -2.32. The second kappa shape index (κ2) is 7.86. The van der Waals surface area contributed by atoms with E-state index in [9.17, 15) is 14.4 Å². The van der Waals surface area contributed by atoms with Crippen molar-refractivity contribution in [1.82, 2.24) is 4.90 Å². The summed E-state index contributed by atoms with van der Waals surface area (Å²) < 4.78 is 0. The van der Waals surface area contributed by atoms with Gasteiger partial charge in [0.15, 0.2) is 0 Å². The molecule has 2 atom stereocenters. The van der Waals surface area contributed by atoms with E-state index in [-0.39, 0.29) is 36.7 Å². The van der Waals surface area contributed by atoms with Crippen LogP contribution in [0.4, 0.5) is 11.4 Å². The molecule has 0 radical (unpaired) electrons. The molecule has 0 fully saturated rings. The van der Waals surface area contributed by atoms with Crippen molar-refractivity contribution in [3.63, 3.8) is 0 Å². The molecule has 0 bridgehead atoms. The average molecular weight is 360 g/mol. The van der Waals surface area contributed by atoms with Crippen LogP contribution < -0.4 is 16.0 Å². The Bertz CT molecular complexity index is 702. The maximum Gasteiger partial charge on any atom is 0.246 e. The summed E-state index contributed by atoms with van der Waals surface area (Å²) in [5.41, 5.74) is 6.34. The van der Waals surface area contributed by atoms with E-state index in [0.29, 0.717) is 17.8 Å². The van der Waals surface area contributed by atoms with Crippen LogP contribution in [0.5, 0.6) is 0 Å². The van der Waals surface area contributed by atoms with Crippen LogP contribution in [0, 0.1) is 0 Å². The highest BCUT2D eigenvalue weighted by molar-refractivity contribution is 6.05. The number of nitrogens with one attached hydrogen (secondary N) is 1. The summed E-state index contributed by atoms with van der Waals surface area (Å²) >= 11 is 0.